The van der Waals surface area contributed by atoms with E-state index in [9.17, 15) is 4.79 Å². The molecule has 0 aromatic heterocycles. The molecular formula is C35H41NO4. The highest BCUT2D eigenvalue weighted by Crippen LogP contribution is 2.53. The van der Waals surface area contributed by atoms with Crippen LogP contribution < -0.4 is 9.47 Å². The van der Waals surface area contributed by atoms with Crippen LogP contribution in [0.25, 0.3) is 0 Å². The van der Waals surface area contributed by atoms with Crippen LogP contribution in [-0.4, -0.2) is 23.9 Å². The number of amides is 1. The average Bonchev–Trinajstić information content (AvgIpc) is 3.66. The Morgan fingerprint density at radius 3 is 2.55 bits per heavy atom. The first-order chi connectivity index (χ1) is 19.7. The van der Waals surface area contributed by atoms with Gasteiger partial charge in [0.15, 0.2) is 0 Å². The molecule has 3 aromatic carbocycles. The van der Waals surface area contributed by atoms with E-state index in [1.54, 1.807) is 0 Å². The van der Waals surface area contributed by atoms with Gasteiger partial charge in [-0.1, -0.05) is 87.6 Å². The number of hydrogen-bond acceptors (Lipinski definition) is 4. The van der Waals surface area contributed by atoms with Crippen LogP contribution in [0, 0.1) is 5.92 Å². The number of carbonyl (C=O) groups excluding carboxylic acids is 1. The molecule has 0 unspecified atom stereocenters. The smallest absolute Gasteiger partial charge is 0.254 e. The molecule has 40 heavy (non-hydrogen) atoms. The van der Waals surface area contributed by atoms with Crippen molar-refractivity contribution in [2.75, 3.05) is 13.1 Å². The summed E-state index contributed by atoms with van der Waals surface area (Å²) in [7, 11) is 0. The van der Waals surface area contributed by atoms with Gasteiger partial charge in [0.05, 0.1) is 6.61 Å². The standard InChI is InChI=1S/C35H41NO4/c1-2-3-4-5-9-16-27-23-29-28(34(37)36-21-10-11-22-36)17-12-20-33(29)40-35(27)31-18-13-19-32(30(31)25-39-35)38-24-26-14-7-6-8-15-26/h6-8,12-15,17-20,27H,2-5,9-11,16,21-25H2,1H3/t27-,35-/m1/s1. The number of ether oxygens (including phenoxy) is 3. The van der Waals surface area contributed by atoms with Crippen molar-refractivity contribution in [1.82, 2.24) is 4.90 Å². The molecule has 0 saturated carbocycles. The summed E-state index contributed by atoms with van der Waals surface area (Å²) in [4.78, 5) is 15.5. The van der Waals surface area contributed by atoms with Gasteiger partial charge in [-0.15, -0.1) is 0 Å². The molecule has 210 valence electrons. The van der Waals surface area contributed by atoms with Crippen LogP contribution in [0.2, 0.25) is 0 Å². The summed E-state index contributed by atoms with van der Waals surface area (Å²) in [6.07, 6.45) is 10.0. The van der Waals surface area contributed by atoms with E-state index in [0.717, 1.165) is 84.5 Å². The molecule has 3 aromatic rings. The second kappa shape index (κ2) is 12.1. The summed E-state index contributed by atoms with van der Waals surface area (Å²) in [6.45, 7) is 4.90. The highest BCUT2D eigenvalue weighted by atomic mass is 16.7. The lowest BCUT2D eigenvalue weighted by Gasteiger charge is -2.42. The molecule has 2 atom stereocenters. The molecule has 5 nitrogen and oxygen atoms in total. The minimum atomic E-state index is -0.867. The summed E-state index contributed by atoms with van der Waals surface area (Å²) in [5, 5.41) is 0. The van der Waals surface area contributed by atoms with Gasteiger partial charge in [-0.25, -0.2) is 0 Å². The number of carbonyl (C=O) groups is 1. The molecule has 1 saturated heterocycles. The van der Waals surface area contributed by atoms with Crippen LogP contribution in [-0.2, 0) is 30.2 Å². The lowest BCUT2D eigenvalue weighted by molar-refractivity contribution is -0.227. The second-order valence-corrected chi connectivity index (χ2v) is 11.5. The highest BCUT2D eigenvalue weighted by molar-refractivity contribution is 5.96. The van der Waals surface area contributed by atoms with Gasteiger partial charge in [-0.2, -0.15) is 0 Å². The normalized spacial score (nSPS) is 21.2. The molecule has 0 N–H and O–H groups in total. The van der Waals surface area contributed by atoms with E-state index in [1.165, 1.54) is 25.7 Å². The first-order valence-electron chi connectivity index (χ1n) is 15.2. The first kappa shape index (κ1) is 26.9. The van der Waals surface area contributed by atoms with Gasteiger partial charge in [0, 0.05) is 41.3 Å². The van der Waals surface area contributed by atoms with Crippen LogP contribution in [0.5, 0.6) is 11.5 Å². The maximum absolute atomic E-state index is 13.5. The number of likely N-dealkylation sites (tertiary alicyclic amines) is 1. The zero-order valence-corrected chi connectivity index (χ0v) is 23.7. The van der Waals surface area contributed by atoms with Crippen LogP contribution in [0.4, 0.5) is 0 Å². The van der Waals surface area contributed by atoms with Gasteiger partial charge in [0.2, 0.25) is 5.79 Å². The Kier molecular flexibility index (Phi) is 8.10. The molecule has 1 amide bonds. The third kappa shape index (κ3) is 5.24. The third-order valence-corrected chi connectivity index (χ3v) is 8.84. The quantitative estimate of drug-likeness (QED) is 0.247. The van der Waals surface area contributed by atoms with Gasteiger partial charge >= 0.3 is 0 Å². The zero-order valence-electron chi connectivity index (χ0n) is 23.7. The van der Waals surface area contributed by atoms with Gasteiger partial charge < -0.3 is 19.1 Å². The van der Waals surface area contributed by atoms with Crippen LogP contribution >= 0.6 is 0 Å². The SMILES string of the molecule is CCCCCCC[C@@H]1Cc2c(cccc2C(=O)N2CCCC2)O[C@]12OCc1c(OCc3ccccc3)cccc12. The van der Waals surface area contributed by atoms with Crippen molar-refractivity contribution in [2.24, 2.45) is 5.92 Å². The third-order valence-electron chi connectivity index (χ3n) is 8.84. The fraction of sp³-hybridized carbons (Fsp3) is 0.457. The number of nitrogens with zero attached hydrogens (tertiary/aromatic N) is 1. The number of benzene rings is 3. The Bertz CT molecular complexity index is 1320. The predicted molar refractivity (Wildman–Crippen MR) is 156 cm³/mol. The van der Waals surface area contributed by atoms with Crippen molar-refractivity contribution < 1.29 is 19.0 Å². The Hall–Kier alpha value is -3.31. The maximum Gasteiger partial charge on any atom is 0.254 e. The van der Waals surface area contributed by atoms with E-state index in [0.29, 0.717) is 13.2 Å². The minimum absolute atomic E-state index is 0.111. The molecular weight excluding hydrogens is 498 g/mol. The first-order valence-corrected chi connectivity index (χ1v) is 15.2. The summed E-state index contributed by atoms with van der Waals surface area (Å²) in [6, 6.07) is 22.4. The number of unbranched alkanes of at least 4 members (excludes halogenated alkanes) is 4. The highest BCUT2D eigenvalue weighted by Gasteiger charge is 2.53. The van der Waals surface area contributed by atoms with Crippen LogP contribution in [0.15, 0.2) is 66.7 Å². The Morgan fingerprint density at radius 1 is 0.925 bits per heavy atom. The van der Waals surface area contributed by atoms with Crippen molar-refractivity contribution >= 4 is 5.91 Å². The lowest BCUT2D eigenvalue weighted by Crippen LogP contribution is -2.45. The van der Waals surface area contributed by atoms with Gasteiger partial charge in [0.25, 0.3) is 5.91 Å². The zero-order chi connectivity index (χ0) is 27.4. The van der Waals surface area contributed by atoms with E-state index in [-0.39, 0.29) is 11.8 Å². The molecule has 0 radical (unpaired) electrons. The van der Waals surface area contributed by atoms with E-state index >= 15 is 0 Å². The molecule has 3 aliphatic heterocycles. The molecule has 5 heteroatoms. The molecule has 1 spiro atoms. The van der Waals surface area contributed by atoms with E-state index in [1.807, 2.05) is 47.4 Å². The average molecular weight is 540 g/mol. The minimum Gasteiger partial charge on any atom is -0.489 e. The second-order valence-electron chi connectivity index (χ2n) is 11.5. The summed E-state index contributed by atoms with van der Waals surface area (Å²) < 4.78 is 19.9. The van der Waals surface area contributed by atoms with Crippen molar-refractivity contribution in [2.45, 2.75) is 83.7 Å². The molecule has 0 aliphatic carbocycles. The van der Waals surface area contributed by atoms with Crippen molar-refractivity contribution in [3.63, 3.8) is 0 Å². The Labute approximate surface area is 238 Å². The van der Waals surface area contributed by atoms with Crippen LogP contribution in [0.3, 0.4) is 0 Å². The van der Waals surface area contributed by atoms with Crippen LogP contribution in [0.1, 0.15) is 90.9 Å². The maximum atomic E-state index is 13.5. The van der Waals surface area contributed by atoms with Crippen molar-refractivity contribution in [3.8, 4) is 11.5 Å². The van der Waals surface area contributed by atoms with Gasteiger partial charge in [0.1, 0.15) is 18.1 Å². The fourth-order valence-corrected chi connectivity index (χ4v) is 6.67. The lowest BCUT2D eigenvalue weighted by atomic mass is 9.79. The Balaban J connectivity index is 1.32. The monoisotopic (exact) mass is 539 g/mol. The van der Waals surface area contributed by atoms with Gasteiger partial charge in [-0.05, 0) is 49.4 Å². The van der Waals surface area contributed by atoms with E-state index in [2.05, 4.69) is 31.2 Å². The predicted octanol–water partition coefficient (Wildman–Crippen LogP) is 7.80. The number of rotatable bonds is 10. The molecule has 6 rings (SSSR count). The summed E-state index contributed by atoms with van der Waals surface area (Å²) in [5.74, 6) is 1.01. The molecule has 3 aliphatic rings. The molecule has 1 fully saturated rings. The van der Waals surface area contributed by atoms with Crippen molar-refractivity contribution in [1.29, 1.82) is 0 Å². The van der Waals surface area contributed by atoms with Gasteiger partial charge in [-0.3, -0.25) is 4.79 Å². The molecule has 0 bridgehead atoms. The molecule has 3 heterocycles. The van der Waals surface area contributed by atoms with E-state index in [4.69, 9.17) is 14.2 Å². The summed E-state index contributed by atoms with van der Waals surface area (Å²) >= 11 is 0. The number of fused-ring (bicyclic) bond motifs is 3. The topological polar surface area (TPSA) is 48.0 Å². The van der Waals surface area contributed by atoms with Crippen molar-refractivity contribution in [3.05, 3.63) is 94.5 Å². The largest absolute Gasteiger partial charge is 0.489 e. The number of hydrogen-bond donors (Lipinski definition) is 0. The Morgan fingerprint density at radius 2 is 1.73 bits per heavy atom. The van der Waals surface area contributed by atoms with E-state index < -0.39 is 5.79 Å². The fourth-order valence-electron chi connectivity index (χ4n) is 6.67. The summed E-state index contributed by atoms with van der Waals surface area (Å²) in [5.41, 5.74) is 5.11.